The zero-order valence-corrected chi connectivity index (χ0v) is 11.4. The van der Waals surface area contributed by atoms with Crippen molar-refractivity contribution in [2.75, 3.05) is 5.32 Å². The second-order valence-electron chi connectivity index (χ2n) is 4.29. The molecule has 1 aliphatic carbocycles. The summed E-state index contributed by atoms with van der Waals surface area (Å²) in [5, 5.41) is 3.26. The smallest absolute Gasteiger partial charge is 0.0755 e. The fourth-order valence-electron chi connectivity index (χ4n) is 2.20. The summed E-state index contributed by atoms with van der Waals surface area (Å²) in [6.07, 6.45) is 12.3. The van der Waals surface area contributed by atoms with Crippen molar-refractivity contribution in [3.05, 3.63) is 64.4 Å². The Morgan fingerprint density at radius 3 is 3.06 bits per heavy atom. The van der Waals surface area contributed by atoms with E-state index in [1.54, 1.807) is 0 Å². The average Bonchev–Trinajstić information content (AvgIpc) is 2.61. The van der Waals surface area contributed by atoms with Crippen LogP contribution in [0.25, 0.3) is 0 Å². The van der Waals surface area contributed by atoms with E-state index in [4.69, 9.17) is 0 Å². The van der Waals surface area contributed by atoms with Crippen LogP contribution in [-0.4, -0.2) is 5.71 Å². The lowest BCUT2D eigenvalue weighted by atomic mass is 9.94. The summed E-state index contributed by atoms with van der Waals surface area (Å²) in [5.74, 6) is 0. The van der Waals surface area contributed by atoms with E-state index in [0.717, 1.165) is 34.3 Å². The third-order valence-electron chi connectivity index (χ3n) is 3.07. The fraction of sp³-hybridized carbons (Fsp3) is 0.133. The Labute approximate surface area is 115 Å². The summed E-state index contributed by atoms with van der Waals surface area (Å²) in [5.41, 5.74) is 4.61. The second-order valence-corrected chi connectivity index (χ2v) is 5.20. The Morgan fingerprint density at radius 1 is 1.28 bits per heavy atom. The number of nitrogens with one attached hydrogen (secondary N) is 1. The van der Waals surface area contributed by atoms with Crippen LogP contribution in [0.3, 0.4) is 0 Å². The molecular weight excluding hydrogens is 288 g/mol. The van der Waals surface area contributed by atoms with Gasteiger partial charge in [0.15, 0.2) is 0 Å². The van der Waals surface area contributed by atoms with Gasteiger partial charge in [-0.3, -0.25) is 4.99 Å². The van der Waals surface area contributed by atoms with Crippen LogP contribution in [-0.2, 0) is 0 Å². The number of nitrogens with zero attached hydrogens (tertiary/aromatic N) is 1. The lowest BCUT2D eigenvalue weighted by Gasteiger charge is -2.14. The van der Waals surface area contributed by atoms with Crippen molar-refractivity contribution in [2.24, 2.45) is 4.99 Å². The highest BCUT2D eigenvalue weighted by atomic mass is 79.9. The summed E-state index contributed by atoms with van der Waals surface area (Å²) < 4.78 is 1.07. The van der Waals surface area contributed by atoms with Gasteiger partial charge in [-0.05, 0) is 36.6 Å². The minimum Gasteiger partial charge on any atom is -0.360 e. The number of aliphatic imine (C=N–C) groups is 1. The largest absolute Gasteiger partial charge is 0.360 e. The van der Waals surface area contributed by atoms with Crippen molar-refractivity contribution in [1.82, 2.24) is 0 Å². The molecule has 3 rings (SSSR count). The number of rotatable bonds is 1. The maximum absolute atomic E-state index is 4.58. The van der Waals surface area contributed by atoms with E-state index in [2.05, 4.69) is 56.6 Å². The first-order valence-electron chi connectivity index (χ1n) is 6.00. The molecule has 0 saturated heterocycles. The number of benzene rings is 1. The Bertz CT molecular complexity index is 595. The van der Waals surface area contributed by atoms with Crippen LogP contribution in [0.4, 0.5) is 5.69 Å². The van der Waals surface area contributed by atoms with E-state index >= 15 is 0 Å². The molecule has 0 amide bonds. The van der Waals surface area contributed by atoms with Gasteiger partial charge in [-0.1, -0.05) is 34.2 Å². The predicted octanol–water partition coefficient (Wildman–Crippen LogP) is 4.41. The lowest BCUT2D eigenvalue weighted by Crippen LogP contribution is -2.08. The molecule has 0 atom stereocenters. The zero-order chi connectivity index (χ0) is 12.4. The quantitative estimate of drug-likeness (QED) is 0.816. The minimum absolute atomic E-state index is 1.05. The van der Waals surface area contributed by atoms with Gasteiger partial charge in [-0.15, -0.1) is 0 Å². The molecule has 0 saturated carbocycles. The van der Waals surface area contributed by atoms with Gasteiger partial charge >= 0.3 is 0 Å². The van der Waals surface area contributed by atoms with E-state index in [1.165, 1.54) is 5.57 Å². The first kappa shape index (κ1) is 11.5. The maximum Gasteiger partial charge on any atom is 0.0755 e. The fourth-order valence-corrected chi connectivity index (χ4v) is 2.56. The molecule has 2 nitrogen and oxygen atoms in total. The van der Waals surface area contributed by atoms with Crippen LogP contribution in [0.5, 0.6) is 0 Å². The maximum atomic E-state index is 4.58. The van der Waals surface area contributed by atoms with Crippen molar-refractivity contribution >= 4 is 27.3 Å². The first-order valence-corrected chi connectivity index (χ1v) is 6.79. The molecule has 1 heterocycles. The number of hydrogen-bond acceptors (Lipinski definition) is 2. The molecule has 0 spiro atoms. The first-order chi connectivity index (χ1) is 8.84. The molecule has 0 radical (unpaired) electrons. The Balaban J connectivity index is 2.12. The van der Waals surface area contributed by atoms with E-state index in [-0.39, 0.29) is 0 Å². The van der Waals surface area contributed by atoms with Gasteiger partial charge in [0.1, 0.15) is 0 Å². The number of anilines is 1. The predicted molar refractivity (Wildman–Crippen MR) is 79.9 cm³/mol. The van der Waals surface area contributed by atoms with Crippen molar-refractivity contribution in [1.29, 1.82) is 0 Å². The molecule has 1 aromatic carbocycles. The lowest BCUT2D eigenvalue weighted by molar-refractivity contribution is 1.00. The van der Waals surface area contributed by atoms with E-state index in [1.807, 2.05) is 18.5 Å². The van der Waals surface area contributed by atoms with Gasteiger partial charge in [0.25, 0.3) is 0 Å². The highest BCUT2D eigenvalue weighted by molar-refractivity contribution is 9.10. The highest BCUT2D eigenvalue weighted by Crippen LogP contribution is 2.28. The normalized spacial score (nSPS) is 17.4. The van der Waals surface area contributed by atoms with Crippen LogP contribution in [0, 0.1) is 0 Å². The molecule has 3 heteroatoms. The molecule has 90 valence electrons. The molecule has 1 aliphatic heterocycles. The van der Waals surface area contributed by atoms with Crippen molar-refractivity contribution in [2.45, 2.75) is 12.8 Å². The minimum atomic E-state index is 1.05. The van der Waals surface area contributed by atoms with E-state index in [0.29, 0.717) is 0 Å². The van der Waals surface area contributed by atoms with Gasteiger partial charge in [-0.25, -0.2) is 0 Å². The topological polar surface area (TPSA) is 24.4 Å². The molecule has 0 unspecified atom stereocenters. The zero-order valence-electron chi connectivity index (χ0n) is 9.86. The number of halogens is 1. The molecular formula is C15H13BrN2. The summed E-state index contributed by atoms with van der Waals surface area (Å²) in [6.45, 7) is 0. The second kappa shape index (κ2) is 4.94. The Morgan fingerprint density at radius 2 is 2.22 bits per heavy atom. The number of fused-ring (bicyclic) bond motifs is 1. The molecule has 0 bridgehead atoms. The Kier molecular flexibility index (Phi) is 3.15. The number of hydrogen-bond donors (Lipinski definition) is 1. The van der Waals surface area contributed by atoms with Crippen molar-refractivity contribution in [3.8, 4) is 0 Å². The molecule has 2 aliphatic rings. The molecule has 18 heavy (non-hydrogen) atoms. The summed E-state index contributed by atoms with van der Waals surface area (Å²) in [4.78, 5) is 4.58. The van der Waals surface area contributed by atoms with Gasteiger partial charge < -0.3 is 5.32 Å². The summed E-state index contributed by atoms with van der Waals surface area (Å²) in [6, 6.07) is 6.23. The average molecular weight is 301 g/mol. The monoisotopic (exact) mass is 300 g/mol. The molecule has 1 N–H and O–H groups in total. The van der Waals surface area contributed by atoms with Gasteiger partial charge in [0.05, 0.1) is 5.71 Å². The molecule has 1 aromatic rings. The summed E-state index contributed by atoms with van der Waals surface area (Å²) in [7, 11) is 0. The van der Waals surface area contributed by atoms with Gasteiger partial charge in [0.2, 0.25) is 0 Å². The molecule has 0 aromatic heterocycles. The van der Waals surface area contributed by atoms with Crippen LogP contribution in [0.2, 0.25) is 0 Å². The van der Waals surface area contributed by atoms with E-state index < -0.39 is 0 Å². The standard InChI is InChI=1S/C15H13BrN2/c16-12-6-7-14-13(10-12)15(18-9-8-17-14)11-4-2-1-3-5-11/h1-2,4,6-10,17H,3,5H2. The van der Waals surface area contributed by atoms with Crippen molar-refractivity contribution in [3.63, 3.8) is 0 Å². The third kappa shape index (κ3) is 2.18. The van der Waals surface area contributed by atoms with Crippen LogP contribution in [0.15, 0.2) is 63.9 Å². The van der Waals surface area contributed by atoms with Crippen LogP contribution in [0.1, 0.15) is 18.4 Å². The van der Waals surface area contributed by atoms with Crippen molar-refractivity contribution < 1.29 is 0 Å². The van der Waals surface area contributed by atoms with Gasteiger partial charge in [-0.2, -0.15) is 0 Å². The molecule has 0 fully saturated rings. The highest BCUT2D eigenvalue weighted by Gasteiger charge is 2.15. The van der Waals surface area contributed by atoms with Crippen LogP contribution < -0.4 is 5.32 Å². The van der Waals surface area contributed by atoms with E-state index in [9.17, 15) is 0 Å². The third-order valence-corrected chi connectivity index (χ3v) is 3.56. The summed E-state index contributed by atoms with van der Waals surface area (Å²) >= 11 is 3.53. The Hall–Kier alpha value is -1.61. The SMILES string of the molecule is Brc1ccc2c(c1)C(C1=CC=CCC1)=NC=CN2. The van der Waals surface area contributed by atoms with Crippen LogP contribution >= 0.6 is 15.9 Å². The van der Waals surface area contributed by atoms with Gasteiger partial charge in [0, 0.05) is 28.1 Å². The number of allylic oxidation sites excluding steroid dienone is 4.